The summed E-state index contributed by atoms with van der Waals surface area (Å²) in [5.41, 5.74) is 1.28. The fraction of sp³-hybridized carbons (Fsp3) is 0.125. The Kier molecular flexibility index (Phi) is 5.57. The van der Waals surface area contributed by atoms with Gasteiger partial charge in [-0.15, -0.1) is 10.2 Å². The van der Waals surface area contributed by atoms with E-state index in [4.69, 9.17) is 23.2 Å². The smallest absolute Gasteiger partial charge is 0.234 e. The summed E-state index contributed by atoms with van der Waals surface area (Å²) < 4.78 is 1.80. The van der Waals surface area contributed by atoms with Gasteiger partial charge in [-0.2, -0.15) is 0 Å². The number of nitrogens with one attached hydrogen (secondary N) is 1. The van der Waals surface area contributed by atoms with Crippen molar-refractivity contribution in [1.82, 2.24) is 19.7 Å². The van der Waals surface area contributed by atoms with Crippen LogP contribution in [0.3, 0.4) is 0 Å². The van der Waals surface area contributed by atoms with Crippen molar-refractivity contribution in [3.05, 3.63) is 52.6 Å². The Labute approximate surface area is 158 Å². The minimum absolute atomic E-state index is 0.179. The van der Waals surface area contributed by atoms with Crippen LogP contribution in [0.15, 0.2) is 47.8 Å². The van der Waals surface area contributed by atoms with Crippen LogP contribution in [-0.2, 0) is 11.8 Å². The summed E-state index contributed by atoms with van der Waals surface area (Å²) in [4.78, 5) is 16.4. The second kappa shape index (κ2) is 7.86. The van der Waals surface area contributed by atoms with Crippen molar-refractivity contribution in [3.8, 4) is 11.5 Å². The zero-order valence-corrected chi connectivity index (χ0v) is 15.4. The molecule has 2 heterocycles. The van der Waals surface area contributed by atoms with E-state index in [1.54, 1.807) is 29.0 Å². The molecular weight excluding hydrogens is 381 g/mol. The Balaban J connectivity index is 1.64. The number of hydrogen-bond acceptors (Lipinski definition) is 5. The molecule has 1 amide bonds. The van der Waals surface area contributed by atoms with Gasteiger partial charge in [-0.25, -0.2) is 0 Å². The summed E-state index contributed by atoms with van der Waals surface area (Å²) in [6.07, 6.45) is 1.69. The molecule has 2 aromatic heterocycles. The second-order valence-corrected chi connectivity index (χ2v) is 6.89. The Morgan fingerprint density at radius 2 is 1.96 bits per heavy atom. The fourth-order valence-corrected chi connectivity index (χ4v) is 3.35. The van der Waals surface area contributed by atoms with Crippen LogP contribution in [0.2, 0.25) is 10.0 Å². The van der Waals surface area contributed by atoms with Crippen LogP contribution in [0.25, 0.3) is 11.5 Å². The maximum absolute atomic E-state index is 12.1. The first-order valence-electron chi connectivity index (χ1n) is 7.22. The molecular formula is C16H13Cl2N5OS. The number of anilines is 1. The summed E-state index contributed by atoms with van der Waals surface area (Å²) >= 11 is 13.1. The molecule has 0 unspecified atom stereocenters. The lowest BCUT2D eigenvalue weighted by molar-refractivity contribution is -0.113. The Morgan fingerprint density at radius 1 is 1.20 bits per heavy atom. The lowest BCUT2D eigenvalue weighted by Crippen LogP contribution is -2.14. The summed E-state index contributed by atoms with van der Waals surface area (Å²) in [5, 5.41) is 12.5. The van der Waals surface area contributed by atoms with E-state index in [0.29, 0.717) is 26.7 Å². The fourth-order valence-electron chi connectivity index (χ4n) is 2.11. The number of amides is 1. The number of nitrogens with zero attached hydrogens (tertiary/aromatic N) is 4. The Hall–Kier alpha value is -2.09. The van der Waals surface area contributed by atoms with Gasteiger partial charge in [0, 0.05) is 29.0 Å². The number of carbonyl (C=O) groups is 1. The summed E-state index contributed by atoms with van der Waals surface area (Å²) in [6, 6.07) is 10.4. The molecule has 1 aromatic carbocycles. The van der Waals surface area contributed by atoms with E-state index in [1.807, 2.05) is 25.2 Å². The van der Waals surface area contributed by atoms with Crippen LogP contribution in [-0.4, -0.2) is 31.4 Å². The van der Waals surface area contributed by atoms with Gasteiger partial charge in [0.1, 0.15) is 5.69 Å². The van der Waals surface area contributed by atoms with E-state index < -0.39 is 0 Å². The van der Waals surface area contributed by atoms with Gasteiger partial charge in [-0.1, -0.05) is 41.0 Å². The van der Waals surface area contributed by atoms with Crippen LogP contribution >= 0.6 is 35.0 Å². The molecule has 6 nitrogen and oxygen atoms in total. The third kappa shape index (κ3) is 4.50. The molecule has 0 radical (unpaired) electrons. The van der Waals surface area contributed by atoms with E-state index >= 15 is 0 Å². The predicted octanol–water partition coefficient (Wildman–Crippen LogP) is 3.91. The van der Waals surface area contributed by atoms with Gasteiger partial charge in [0.05, 0.1) is 5.75 Å². The number of hydrogen-bond donors (Lipinski definition) is 1. The first-order valence-corrected chi connectivity index (χ1v) is 8.96. The number of pyridine rings is 1. The van der Waals surface area contributed by atoms with E-state index in [0.717, 1.165) is 5.69 Å². The second-order valence-electron chi connectivity index (χ2n) is 5.08. The van der Waals surface area contributed by atoms with Crippen molar-refractivity contribution in [2.75, 3.05) is 11.1 Å². The van der Waals surface area contributed by atoms with Gasteiger partial charge in [0.15, 0.2) is 11.0 Å². The molecule has 9 heteroatoms. The standard InChI is InChI=1S/C16H13Cl2N5OS/c1-23-15(13-4-2-3-5-19-13)21-22-16(23)25-9-14(24)20-12-7-10(17)6-11(18)8-12/h2-8H,9H2,1H3,(H,20,24). The molecule has 0 atom stereocenters. The number of aromatic nitrogens is 4. The molecule has 3 aromatic rings. The Bertz CT molecular complexity index is 881. The van der Waals surface area contributed by atoms with E-state index in [1.165, 1.54) is 11.8 Å². The van der Waals surface area contributed by atoms with E-state index in [2.05, 4.69) is 20.5 Å². The van der Waals surface area contributed by atoms with Gasteiger partial charge in [-0.3, -0.25) is 9.78 Å². The molecule has 3 rings (SSSR count). The highest BCUT2D eigenvalue weighted by molar-refractivity contribution is 7.99. The average Bonchev–Trinajstić information content (AvgIpc) is 2.93. The molecule has 0 saturated carbocycles. The molecule has 25 heavy (non-hydrogen) atoms. The molecule has 0 aliphatic heterocycles. The lowest BCUT2D eigenvalue weighted by Gasteiger charge is -2.06. The average molecular weight is 394 g/mol. The SMILES string of the molecule is Cn1c(SCC(=O)Nc2cc(Cl)cc(Cl)c2)nnc1-c1ccccn1. The zero-order chi connectivity index (χ0) is 17.8. The Morgan fingerprint density at radius 3 is 2.64 bits per heavy atom. The lowest BCUT2D eigenvalue weighted by atomic mass is 10.3. The van der Waals surface area contributed by atoms with Gasteiger partial charge < -0.3 is 9.88 Å². The summed E-state index contributed by atoms with van der Waals surface area (Å²) in [5.74, 6) is 0.633. The molecule has 0 bridgehead atoms. The van der Waals surface area contributed by atoms with Crippen molar-refractivity contribution in [3.63, 3.8) is 0 Å². The largest absolute Gasteiger partial charge is 0.325 e. The normalized spacial score (nSPS) is 10.7. The first kappa shape index (κ1) is 17.7. The van der Waals surface area contributed by atoms with Gasteiger partial charge in [-0.05, 0) is 30.3 Å². The molecule has 1 N–H and O–H groups in total. The number of carbonyl (C=O) groups excluding carboxylic acids is 1. The predicted molar refractivity (Wildman–Crippen MR) is 100 cm³/mol. The van der Waals surface area contributed by atoms with E-state index in [9.17, 15) is 4.79 Å². The summed E-state index contributed by atoms with van der Waals surface area (Å²) in [7, 11) is 1.83. The van der Waals surface area contributed by atoms with Gasteiger partial charge >= 0.3 is 0 Å². The molecule has 128 valence electrons. The molecule has 0 aliphatic rings. The number of thioether (sulfide) groups is 1. The maximum Gasteiger partial charge on any atom is 0.234 e. The highest BCUT2D eigenvalue weighted by Gasteiger charge is 2.13. The quantitative estimate of drug-likeness (QED) is 0.665. The minimum atomic E-state index is -0.189. The number of halogens is 2. The zero-order valence-electron chi connectivity index (χ0n) is 13.1. The summed E-state index contributed by atoms with van der Waals surface area (Å²) in [6.45, 7) is 0. The van der Waals surface area contributed by atoms with Gasteiger partial charge in [0.25, 0.3) is 0 Å². The monoisotopic (exact) mass is 393 g/mol. The van der Waals surface area contributed by atoms with Crippen molar-refractivity contribution in [2.24, 2.45) is 7.05 Å². The van der Waals surface area contributed by atoms with Crippen LogP contribution in [0, 0.1) is 0 Å². The van der Waals surface area contributed by atoms with Crippen LogP contribution in [0.1, 0.15) is 0 Å². The first-order chi connectivity index (χ1) is 12.0. The van der Waals surface area contributed by atoms with Crippen molar-refractivity contribution >= 4 is 46.6 Å². The van der Waals surface area contributed by atoms with Crippen LogP contribution in [0.5, 0.6) is 0 Å². The highest BCUT2D eigenvalue weighted by Crippen LogP contribution is 2.24. The van der Waals surface area contributed by atoms with Crippen molar-refractivity contribution in [2.45, 2.75) is 5.16 Å². The van der Waals surface area contributed by atoms with E-state index in [-0.39, 0.29) is 11.7 Å². The minimum Gasteiger partial charge on any atom is -0.325 e. The number of rotatable bonds is 5. The molecule has 0 spiro atoms. The van der Waals surface area contributed by atoms with Crippen LogP contribution in [0.4, 0.5) is 5.69 Å². The third-order valence-electron chi connectivity index (χ3n) is 3.21. The van der Waals surface area contributed by atoms with Crippen molar-refractivity contribution < 1.29 is 4.79 Å². The molecule has 0 saturated heterocycles. The highest BCUT2D eigenvalue weighted by atomic mass is 35.5. The molecule has 0 aliphatic carbocycles. The third-order valence-corrected chi connectivity index (χ3v) is 4.66. The van der Waals surface area contributed by atoms with Crippen molar-refractivity contribution in [1.29, 1.82) is 0 Å². The topological polar surface area (TPSA) is 72.7 Å². The van der Waals surface area contributed by atoms with Gasteiger partial charge in [0.2, 0.25) is 5.91 Å². The maximum atomic E-state index is 12.1. The van der Waals surface area contributed by atoms with Crippen LogP contribution < -0.4 is 5.32 Å². The molecule has 0 fully saturated rings. The number of benzene rings is 1.